The lowest BCUT2D eigenvalue weighted by Gasteiger charge is -1.82. The Labute approximate surface area is 56.0 Å². The largest absolute Gasteiger partial charge is 0.193 e. The van der Waals surface area contributed by atoms with Gasteiger partial charge in [-0.2, -0.15) is 10.2 Å². The Bertz CT molecular complexity index is 143. The van der Waals surface area contributed by atoms with E-state index in [0.717, 1.165) is 5.57 Å². The Morgan fingerprint density at radius 1 is 1.44 bits per heavy atom. The molecule has 0 rings (SSSR count). The molecule has 0 aliphatic carbocycles. The van der Waals surface area contributed by atoms with Gasteiger partial charge in [0, 0.05) is 7.05 Å². The molecule has 9 heavy (non-hydrogen) atoms. The van der Waals surface area contributed by atoms with Gasteiger partial charge in [-0.1, -0.05) is 12.2 Å². The van der Waals surface area contributed by atoms with E-state index in [0.29, 0.717) is 0 Å². The van der Waals surface area contributed by atoms with E-state index in [4.69, 9.17) is 0 Å². The first kappa shape index (κ1) is 8.08. The van der Waals surface area contributed by atoms with Crippen LogP contribution in [-0.4, -0.2) is 7.05 Å². The SMILES string of the molecule is C\C=C/C(C)=C\N=N/C. The van der Waals surface area contributed by atoms with E-state index in [1.165, 1.54) is 0 Å². The monoisotopic (exact) mass is 124 g/mol. The molecule has 0 saturated carbocycles. The van der Waals surface area contributed by atoms with Gasteiger partial charge in [-0.05, 0) is 19.4 Å². The van der Waals surface area contributed by atoms with Crippen molar-refractivity contribution in [1.82, 2.24) is 0 Å². The highest BCUT2D eigenvalue weighted by Gasteiger charge is 1.74. The summed E-state index contributed by atoms with van der Waals surface area (Å²) >= 11 is 0. The fourth-order valence-corrected chi connectivity index (χ4v) is 0.455. The van der Waals surface area contributed by atoms with Gasteiger partial charge < -0.3 is 0 Å². The van der Waals surface area contributed by atoms with Gasteiger partial charge in [0.2, 0.25) is 0 Å². The lowest BCUT2D eigenvalue weighted by atomic mass is 10.3. The van der Waals surface area contributed by atoms with Crippen LogP contribution in [0.1, 0.15) is 13.8 Å². The molecule has 2 nitrogen and oxygen atoms in total. The van der Waals surface area contributed by atoms with Crippen molar-refractivity contribution in [3.63, 3.8) is 0 Å². The number of azo groups is 1. The third-order valence-corrected chi connectivity index (χ3v) is 0.806. The standard InChI is InChI=1S/C7H12N2/c1-4-5-7(2)6-9-8-3/h4-6H,1-3H3/b5-4-,7-6-,9-8-. The van der Waals surface area contributed by atoms with E-state index in [1.54, 1.807) is 13.2 Å². The van der Waals surface area contributed by atoms with Crippen LogP contribution in [0, 0.1) is 0 Å². The van der Waals surface area contributed by atoms with Crippen molar-refractivity contribution in [2.75, 3.05) is 7.05 Å². The van der Waals surface area contributed by atoms with Crippen LogP contribution in [0.4, 0.5) is 0 Å². The fraction of sp³-hybridized carbons (Fsp3) is 0.429. The van der Waals surface area contributed by atoms with Crippen molar-refractivity contribution >= 4 is 0 Å². The van der Waals surface area contributed by atoms with Crippen molar-refractivity contribution in [2.24, 2.45) is 10.2 Å². The molecule has 2 heteroatoms. The molecule has 0 aliphatic rings. The van der Waals surface area contributed by atoms with Gasteiger partial charge in [0.15, 0.2) is 0 Å². The van der Waals surface area contributed by atoms with Crippen LogP contribution in [0.5, 0.6) is 0 Å². The van der Waals surface area contributed by atoms with Crippen LogP contribution in [0.2, 0.25) is 0 Å². The minimum absolute atomic E-state index is 1.11. The number of hydrogen-bond donors (Lipinski definition) is 0. The summed E-state index contributed by atoms with van der Waals surface area (Å²) in [4.78, 5) is 0. The van der Waals surface area contributed by atoms with Crippen molar-refractivity contribution in [3.8, 4) is 0 Å². The molecule has 0 bridgehead atoms. The van der Waals surface area contributed by atoms with Gasteiger partial charge in [0.1, 0.15) is 0 Å². The number of hydrogen-bond acceptors (Lipinski definition) is 2. The molecule has 0 unspecified atom stereocenters. The van der Waals surface area contributed by atoms with E-state index >= 15 is 0 Å². The van der Waals surface area contributed by atoms with E-state index in [1.807, 2.05) is 26.0 Å². The highest BCUT2D eigenvalue weighted by atomic mass is 15.1. The first-order chi connectivity index (χ1) is 4.31. The molecule has 0 aliphatic heterocycles. The summed E-state index contributed by atoms with van der Waals surface area (Å²) in [5.74, 6) is 0. The smallest absolute Gasteiger partial charge is 0.0520 e. The summed E-state index contributed by atoms with van der Waals surface area (Å²) in [6.07, 6.45) is 5.67. The predicted octanol–water partition coefficient (Wildman–Crippen LogP) is 2.55. The molecule has 0 heterocycles. The summed E-state index contributed by atoms with van der Waals surface area (Å²) < 4.78 is 0. The van der Waals surface area contributed by atoms with E-state index in [-0.39, 0.29) is 0 Å². The summed E-state index contributed by atoms with van der Waals surface area (Å²) in [6, 6.07) is 0. The lowest BCUT2D eigenvalue weighted by molar-refractivity contribution is 1.15. The first-order valence-electron chi connectivity index (χ1n) is 2.89. The van der Waals surface area contributed by atoms with Crippen LogP contribution in [0.25, 0.3) is 0 Å². The molecular formula is C7H12N2. The quantitative estimate of drug-likeness (QED) is 0.399. The Morgan fingerprint density at radius 2 is 2.11 bits per heavy atom. The summed E-state index contributed by atoms with van der Waals surface area (Å²) in [5, 5.41) is 7.27. The van der Waals surface area contributed by atoms with Gasteiger partial charge in [0.25, 0.3) is 0 Å². The molecule has 0 aromatic carbocycles. The van der Waals surface area contributed by atoms with E-state index in [2.05, 4.69) is 10.2 Å². The maximum Gasteiger partial charge on any atom is 0.0520 e. The zero-order valence-electron chi connectivity index (χ0n) is 6.13. The Morgan fingerprint density at radius 3 is 2.56 bits per heavy atom. The van der Waals surface area contributed by atoms with Crippen molar-refractivity contribution in [1.29, 1.82) is 0 Å². The maximum atomic E-state index is 3.70. The predicted molar refractivity (Wildman–Crippen MR) is 39.4 cm³/mol. The molecule has 0 spiro atoms. The first-order valence-corrected chi connectivity index (χ1v) is 2.89. The molecule has 0 fully saturated rings. The molecule has 0 aromatic heterocycles. The Kier molecular flexibility index (Phi) is 4.69. The van der Waals surface area contributed by atoms with Crippen molar-refractivity contribution in [3.05, 3.63) is 23.9 Å². The molecule has 0 saturated heterocycles. The second kappa shape index (κ2) is 5.22. The number of rotatable bonds is 2. The number of nitrogens with zero attached hydrogens (tertiary/aromatic N) is 2. The molecule has 0 amide bonds. The Balaban J connectivity index is 3.84. The van der Waals surface area contributed by atoms with Gasteiger partial charge in [-0.3, -0.25) is 0 Å². The van der Waals surface area contributed by atoms with Crippen LogP contribution >= 0.6 is 0 Å². The average molecular weight is 124 g/mol. The maximum absolute atomic E-state index is 3.70. The van der Waals surface area contributed by atoms with E-state index < -0.39 is 0 Å². The fourth-order valence-electron chi connectivity index (χ4n) is 0.455. The van der Waals surface area contributed by atoms with Gasteiger partial charge in [-0.15, -0.1) is 0 Å². The van der Waals surface area contributed by atoms with E-state index in [9.17, 15) is 0 Å². The van der Waals surface area contributed by atoms with Crippen molar-refractivity contribution in [2.45, 2.75) is 13.8 Å². The summed E-state index contributed by atoms with van der Waals surface area (Å²) in [6.45, 7) is 3.95. The third kappa shape index (κ3) is 4.94. The van der Waals surface area contributed by atoms with Gasteiger partial charge >= 0.3 is 0 Å². The van der Waals surface area contributed by atoms with Crippen molar-refractivity contribution < 1.29 is 0 Å². The zero-order chi connectivity index (χ0) is 7.11. The normalized spacial score (nSPS) is 13.9. The second-order valence-corrected chi connectivity index (χ2v) is 1.69. The van der Waals surface area contributed by atoms with Gasteiger partial charge in [0.05, 0.1) is 6.20 Å². The van der Waals surface area contributed by atoms with Gasteiger partial charge in [-0.25, -0.2) is 0 Å². The highest BCUT2D eigenvalue weighted by Crippen LogP contribution is 1.93. The lowest BCUT2D eigenvalue weighted by Crippen LogP contribution is -1.62. The summed E-state index contributed by atoms with van der Waals surface area (Å²) in [7, 11) is 1.65. The topological polar surface area (TPSA) is 24.7 Å². The highest BCUT2D eigenvalue weighted by molar-refractivity contribution is 5.13. The molecular weight excluding hydrogens is 112 g/mol. The third-order valence-electron chi connectivity index (χ3n) is 0.806. The molecule has 0 radical (unpaired) electrons. The minimum atomic E-state index is 1.11. The van der Waals surface area contributed by atoms with Crippen LogP contribution in [0.3, 0.4) is 0 Å². The average Bonchev–Trinajstić information content (AvgIpc) is 1.85. The zero-order valence-corrected chi connectivity index (χ0v) is 6.13. The molecule has 0 atom stereocenters. The van der Waals surface area contributed by atoms with Crippen LogP contribution in [-0.2, 0) is 0 Å². The number of allylic oxidation sites excluding steroid dienone is 3. The van der Waals surface area contributed by atoms with Crippen LogP contribution in [0.15, 0.2) is 34.2 Å². The minimum Gasteiger partial charge on any atom is -0.193 e. The molecule has 50 valence electrons. The Hall–Kier alpha value is -0.920. The van der Waals surface area contributed by atoms with Crippen LogP contribution < -0.4 is 0 Å². The summed E-state index contributed by atoms with van der Waals surface area (Å²) in [5.41, 5.74) is 1.11. The molecule has 0 N–H and O–H groups in total. The molecule has 0 aromatic rings. The second-order valence-electron chi connectivity index (χ2n) is 1.69.